The molecule has 2 unspecified atom stereocenters. The minimum absolute atomic E-state index is 0.153. The Hall–Kier alpha value is -1.49. The number of nitrogens with two attached hydrogens (primary N) is 1. The third-order valence-corrected chi connectivity index (χ3v) is 2.18. The number of amidine groups is 1. The number of hydrogen-bond acceptors (Lipinski definition) is 4. The van der Waals surface area contributed by atoms with Crippen LogP contribution in [0, 0.1) is 0 Å². The predicted octanol–water partition coefficient (Wildman–Crippen LogP) is 0.935. The Balaban J connectivity index is 2.39. The van der Waals surface area contributed by atoms with Crippen molar-refractivity contribution in [3.63, 3.8) is 0 Å². The lowest BCUT2D eigenvalue weighted by Crippen LogP contribution is -2.44. The average molecular weight is 211 g/mol. The van der Waals surface area contributed by atoms with E-state index < -0.39 is 0 Å². The summed E-state index contributed by atoms with van der Waals surface area (Å²) in [5, 5.41) is 14.6. The zero-order valence-corrected chi connectivity index (χ0v) is 8.97. The van der Waals surface area contributed by atoms with Gasteiger partial charge in [-0.15, -0.1) is 0 Å². The van der Waals surface area contributed by atoms with Gasteiger partial charge in [-0.25, -0.2) is 0 Å². The molecule has 1 rings (SSSR count). The van der Waals surface area contributed by atoms with E-state index in [9.17, 15) is 0 Å². The number of furan rings is 1. The van der Waals surface area contributed by atoms with Crippen LogP contribution in [0.15, 0.2) is 28.0 Å². The monoisotopic (exact) mass is 211 g/mol. The smallest absolute Gasteiger partial charge is 0.156 e. The van der Waals surface area contributed by atoms with Crippen LogP contribution in [0.4, 0.5) is 0 Å². The highest BCUT2D eigenvalue weighted by Gasteiger charge is 2.12. The van der Waals surface area contributed by atoms with Crippen LogP contribution in [-0.2, 0) is 6.42 Å². The minimum Gasteiger partial charge on any atom is -0.469 e. The van der Waals surface area contributed by atoms with Gasteiger partial charge in [0.25, 0.3) is 0 Å². The van der Waals surface area contributed by atoms with E-state index in [4.69, 9.17) is 15.4 Å². The molecule has 84 valence electrons. The van der Waals surface area contributed by atoms with Gasteiger partial charge in [0.1, 0.15) is 5.76 Å². The van der Waals surface area contributed by atoms with Gasteiger partial charge in [-0.3, -0.25) is 0 Å². The highest BCUT2D eigenvalue weighted by molar-refractivity contribution is 5.84. The maximum atomic E-state index is 8.48. The number of nitrogens with one attached hydrogen (secondary N) is 1. The molecule has 0 fully saturated rings. The molecule has 4 N–H and O–H groups in total. The lowest BCUT2D eigenvalue weighted by molar-refractivity contribution is 0.314. The summed E-state index contributed by atoms with van der Waals surface area (Å²) >= 11 is 0. The van der Waals surface area contributed by atoms with Gasteiger partial charge < -0.3 is 20.7 Å². The third kappa shape index (κ3) is 3.63. The van der Waals surface area contributed by atoms with E-state index in [1.807, 2.05) is 26.0 Å². The van der Waals surface area contributed by atoms with Gasteiger partial charge in [0, 0.05) is 12.5 Å². The van der Waals surface area contributed by atoms with E-state index in [1.165, 1.54) is 0 Å². The summed E-state index contributed by atoms with van der Waals surface area (Å²) in [6, 6.07) is 3.83. The first-order chi connectivity index (χ1) is 7.13. The van der Waals surface area contributed by atoms with Crippen LogP contribution in [-0.4, -0.2) is 23.1 Å². The SMILES string of the molecule is CC(Cc1ccco1)NC(C)C(N)=NO. The molecule has 5 nitrogen and oxygen atoms in total. The quantitative estimate of drug-likeness (QED) is 0.293. The van der Waals surface area contributed by atoms with Crippen molar-refractivity contribution in [1.82, 2.24) is 5.32 Å². The van der Waals surface area contributed by atoms with Crippen molar-refractivity contribution in [2.75, 3.05) is 0 Å². The molecule has 0 bridgehead atoms. The zero-order valence-electron chi connectivity index (χ0n) is 8.97. The maximum absolute atomic E-state index is 8.48. The van der Waals surface area contributed by atoms with E-state index >= 15 is 0 Å². The van der Waals surface area contributed by atoms with Crippen LogP contribution in [0.5, 0.6) is 0 Å². The van der Waals surface area contributed by atoms with Crippen molar-refractivity contribution >= 4 is 5.84 Å². The summed E-state index contributed by atoms with van der Waals surface area (Å²) in [6.07, 6.45) is 2.42. The van der Waals surface area contributed by atoms with Crippen molar-refractivity contribution < 1.29 is 9.62 Å². The summed E-state index contributed by atoms with van der Waals surface area (Å²) in [5.74, 6) is 1.10. The molecule has 5 heteroatoms. The van der Waals surface area contributed by atoms with E-state index in [0.29, 0.717) is 0 Å². The summed E-state index contributed by atoms with van der Waals surface area (Å²) in [4.78, 5) is 0. The average Bonchev–Trinajstić information content (AvgIpc) is 2.68. The van der Waals surface area contributed by atoms with Gasteiger partial charge in [0.15, 0.2) is 5.84 Å². The van der Waals surface area contributed by atoms with Crippen LogP contribution in [0.3, 0.4) is 0 Å². The summed E-state index contributed by atoms with van der Waals surface area (Å²) < 4.78 is 5.22. The van der Waals surface area contributed by atoms with E-state index in [-0.39, 0.29) is 17.9 Å². The fourth-order valence-electron chi connectivity index (χ4n) is 1.39. The maximum Gasteiger partial charge on any atom is 0.156 e. The standard InChI is InChI=1S/C10H17N3O2/c1-7(6-9-4-3-5-15-9)12-8(2)10(11)13-14/h3-5,7-8,12,14H,6H2,1-2H3,(H2,11,13). The molecule has 1 aromatic rings. The largest absolute Gasteiger partial charge is 0.469 e. The third-order valence-electron chi connectivity index (χ3n) is 2.18. The Kier molecular flexibility index (Phi) is 4.17. The molecule has 0 amide bonds. The van der Waals surface area contributed by atoms with Crippen molar-refractivity contribution in [2.24, 2.45) is 10.9 Å². The molecule has 0 saturated carbocycles. The van der Waals surface area contributed by atoms with Gasteiger partial charge in [0.05, 0.1) is 12.3 Å². The number of rotatable bonds is 5. The fourth-order valence-corrected chi connectivity index (χ4v) is 1.39. The highest BCUT2D eigenvalue weighted by Crippen LogP contribution is 2.04. The van der Waals surface area contributed by atoms with E-state index in [2.05, 4.69) is 10.5 Å². The molecule has 0 aliphatic carbocycles. The van der Waals surface area contributed by atoms with Crippen molar-refractivity contribution in [2.45, 2.75) is 32.4 Å². The highest BCUT2D eigenvalue weighted by atomic mass is 16.4. The molecule has 0 spiro atoms. The van der Waals surface area contributed by atoms with E-state index in [0.717, 1.165) is 12.2 Å². The van der Waals surface area contributed by atoms with Crippen molar-refractivity contribution in [3.05, 3.63) is 24.2 Å². The second-order valence-corrected chi connectivity index (χ2v) is 3.60. The molecule has 1 heterocycles. The first-order valence-corrected chi connectivity index (χ1v) is 4.89. The van der Waals surface area contributed by atoms with Gasteiger partial charge in [-0.1, -0.05) is 5.16 Å². The minimum atomic E-state index is -0.153. The van der Waals surface area contributed by atoms with Gasteiger partial charge >= 0.3 is 0 Å². The molecule has 0 aromatic carbocycles. The normalized spacial score (nSPS) is 16.3. The zero-order chi connectivity index (χ0) is 11.3. The van der Waals surface area contributed by atoms with Crippen LogP contribution in [0.2, 0.25) is 0 Å². The number of nitrogens with zero attached hydrogens (tertiary/aromatic N) is 1. The molecule has 1 aromatic heterocycles. The molecule has 0 aliphatic rings. The molecule has 0 saturated heterocycles. The lowest BCUT2D eigenvalue weighted by atomic mass is 10.1. The Morgan fingerprint density at radius 1 is 1.67 bits per heavy atom. The second-order valence-electron chi connectivity index (χ2n) is 3.60. The van der Waals surface area contributed by atoms with Crippen LogP contribution >= 0.6 is 0 Å². The summed E-state index contributed by atoms with van der Waals surface area (Å²) in [6.45, 7) is 3.86. The first-order valence-electron chi connectivity index (χ1n) is 4.89. The molecule has 15 heavy (non-hydrogen) atoms. The van der Waals surface area contributed by atoms with Crippen molar-refractivity contribution in [3.8, 4) is 0 Å². The van der Waals surface area contributed by atoms with Gasteiger partial charge in [-0.2, -0.15) is 0 Å². The molecular weight excluding hydrogens is 194 g/mol. The van der Waals surface area contributed by atoms with Crippen LogP contribution in [0.25, 0.3) is 0 Å². The Labute approximate surface area is 88.9 Å². The van der Waals surface area contributed by atoms with Gasteiger partial charge in [-0.05, 0) is 26.0 Å². The van der Waals surface area contributed by atoms with Crippen LogP contribution < -0.4 is 11.1 Å². The molecule has 0 aliphatic heterocycles. The fraction of sp³-hybridized carbons (Fsp3) is 0.500. The lowest BCUT2D eigenvalue weighted by Gasteiger charge is -2.17. The Bertz CT molecular complexity index is 308. The van der Waals surface area contributed by atoms with E-state index in [1.54, 1.807) is 6.26 Å². The summed E-state index contributed by atoms with van der Waals surface area (Å²) in [7, 11) is 0. The first kappa shape index (κ1) is 11.6. The van der Waals surface area contributed by atoms with Crippen molar-refractivity contribution in [1.29, 1.82) is 0 Å². The number of oxime groups is 1. The molecular formula is C10H17N3O2. The topological polar surface area (TPSA) is 83.8 Å². The van der Waals surface area contributed by atoms with Crippen LogP contribution in [0.1, 0.15) is 19.6 Å². The number of hydrogen-bond donors (Lipinski definition) is 3. The Morgan fingerprint density at radius 2 is 2.40 bits per heavy atom. The summed E-state index contributed by atoms with van der Waals surface area (Å²) in [5.41, 5.74) is 5.45. The molecule has 2 atom stereocenters. The molecule has 0 radical (unpaired) electrons. The second kappa shape index (κ2) is 5.41. The predicted molar refractivity (Wildman–Crippen MR) is 57.9 cm³/mol. The Morgan fingerprint density at radius 3 is 2.93 bits per heavy atom. The van der Waals surface area contributed by atoms with Gasteiger partial charge in [0.2, 0.25) is 0 Å².